The molecule has 0 aliphatic carbocycles. The Morgan fingerprint density at radius 2 is 2.38 bits per heavy atom. The largest absolute Gasteiger partial charge is 0.356 e. The zero-order valence-corrected chi connectivity index (χ0v) is 10.3. The van der Waals surface area contributed by atoms with Crippen molar-refractivity contribution in [3.05, 3.63) is 40.6 Å². The summed E-state index contributed by atoms with van der Waals surface area (Å²) >= 11 is 3.29. The molecule has 0 aromatic carbocycles. The highest BCUT2D eigenvalue weighted by Crippen LogP contribution is 2.12. The molecule has 2 aromatic rings. The Kier molecular flexibility index (Phi) is 3.09. The first kappa shape index (κ1) is 10.9. The molecule has 2 N–H and O–H groups in total. The van der Waals surface area contributed by atoms with E-state index < -0.39 is 0 Å². The number of nitrogens with zero attached hydrogens (tertiary/aromatic N) is 2. The van der Waals surface area contributed by atoms with Crippen LogP contribution in [0.2, 0.25) is 0 Å². The Balaban J connectivity index is 2.05. The van der Waals surface area contributed by atoms with E-state index in [1.54, 1.807) is 36.6 Å². The second-order valence-corrected chi connectivity index (χ2v) is 4.34. The minimum absolute atomic E-state index is 0.0675. The number of amides is 1. The molecule has 6 heteroatoms. The van der Waals surface area contributed by atoms with E-state index in [0.29, 0.717) is 12.2 Å². The van der Waals surface area contributed by atoms with Crippen molar-refractivity contribution >= 4 is 21.8 Å². The van der Waals surface area contributed by atoms with Crippen LogP contribution in [0.4, 0.5) is 0 Å². The molecule has 1 amide bonds. The third-order valence-electron chi connectivity index (χ3n) is 2.17. The molecular weight excluding hydrogens is 272 g/mol. The lowest BCUT2D eigenvalue weighted by Gasteiger charge is -2.14. The number of H-pyrrole nitrogens is 2. The lowest BCUT2D eigenvalue weighted by Crippen LogP contribution is -2.26. The topological polar surface area (TPSA) is 64.8 Å². The monoisotopic (exact) mass is 282 g/mol. The second kappa shape index (κ2) is 4.52. The van der Waals surface area contributed by atoms with Gasteiger partial charge in [0, 0.05) is 30.1 Å². The lowest BCUT2D eigenvalue weighted by molar-refractivity contribution is 0.0777. The van der Waals surface area contributed by atoms with Gasteiger partial charge in [0.1, 0.15) is 11.5 Å². The lowest BCUT2D eigenvalue weighted by atomic mass is 10.3. The Labute approximate surface area is 101 Å². The minimum atomic E-state index is -0.0675. The maximum Gasteiger partial charge on any atom is 0.270 e. The van der Waals surface area contributed by atoms with Crippen molar-refractivity contribution in [1.29, 1.82) is 0 Å². The van der Waals surface area contributed by atoms with Crippen LogP contribution in [0.5, 0.6) is 0 Å². The van der Waals surface area contributed by atoms with Crippen LogP contribution in [0.25, 0.3) is 0 Å². The highest BCUT2D eigenvalue weighted by molar-refractivity contribution is 9.10. The fraction of sp³-hybridized carbons (Fsp3) is 0.200. The number of hydrogen-bond donors (Lipinski definition) is 2. The van der Waals surface area contributed by atoms with Gasteiger partial charge in [0.2, 0.25) is 0 Å². The summed E-state index contributed by atoms with van der Waals surface area (Å²) in [6.45, 7) is 0.461. The van der Waals surface area contributed by atoms with Gasteiger partial charge in [-0.3, -0.25) is 4.79 Å². The summed E-state index contributed by atoms with van der Waals surface area (Å²) in [7, 11) is 1.74. The van der Waals surface area contributed by atoms with Crippen molar-refractivity contribution in [2.24, 2.45) is 0 Å². The van der Waals surface area contributed by atoms with E-state index >= 15 is 0 Å². The van der Waals surface area contributed by atoms with Crippen molar-refractivity contribution in [3.63, 3.8) is 0 Å². The van der Waals surface area contributed by atoms with Crippen LogP contribution < -0.4 is 0 Å². The Bertz CT molecular complexity index is 477. The molecule has 16 heavy (non-hydrogen) atoms. The molecule has 2 rings (SSSR count). The van der Waals surface area contributed by atoms with E-state index in [1.807, 2.05) is 0 Å². The summed E-state index contributed by atoms with van der Waals surface area (Å²) in [5.41, 5.74) is 0.556. The summed E-state index contributed by atoms with van der Waals surface area (Å²) in [6.07, 6.45) is 5.13. The molecule has 0 bridgehead atoms. The number of halogens is 1. The van der Waals surface area contributed by atoms with Gasteiger partial charge in [0.25, 0.3) is 5.91 Å². The third kappa shape index (κ3) is 2.33. The smallest absolute Gasteiger partial charge is 0.270 e. The number of aromatic amines is 2. The van der Waals surface area contributed by atoms with Crippen molar-refractivity contribution in [1.82, 2.24) is 19.9 Å². The van der Waals surface area contributed by atoms with Crippen LogP contribution in [-0.2, 0) is 6.54 Å². The van der Waals surface area contributed by atoms with E-state index in [2.05, 4.69) is 30.9 Å². The van der Waals surface area contributed by atoms with Gasteiger partial charge in [0.15, 0.2) is 0 Å². The fourth-order valence-electron chi connectivity index (χ4n) is 1.38. The van der Waals surface area contributed by atoms with Gasteiger partial charge >= 0.3 is 0 Å². The molecule has 0 aliphatic heterocycles. The van der Waals surface area contributed by atoms with Crippen LogP contribution in [0, 0.1) is 0 Å². The molecular formula is C10H11BrN4O. The SMILES string of the molecule is CN(Cc1ncc[nH]1)C(=O)c1cc(Br)c[nH]1. The Hall–Kier alpha value is -1.56. The number of hydrogen-bond acceptors (Lipinski definition) is 2. The van der Waals surface area contributed by atoms with Gasteiger partial charge in [0.05, 0.1) is 6.54 Å². The molecule has 0 atom stereocenters. The molecule has 0 unspecified atom stereocenters. The van der Waals surface area contributed by atoms with Crippen LogP contribution in [0.15, 0.2) is 29.1 Å². The van der Waals surface area contributed by atoms with E-state index in [9.17, 15) is 4.79 Å². The molecule has 84 valence electrons. The number of aromatic nitrogens is 3. The van der Waals surface area contributed by atoms with Crippen molar-refractivity contribution in [2.75, 3.05) is 7.05 Å². The van der Waals surface area contributed by atoms with Gasteiger partial charge in [-0.25, -0.2) is 4.98 Å². The van der Waals surface area contributed by atoms with Gasteiger partial charge in [-0.05, 0) is 22.0 Å². The van der Waals surface area contributed by atoms with E-state index in [0.717, 1.165) is 10.3 Å². The van der Waals surface area contributed by atoms with Crippen LogP contribution in [0.1, 0.15) is 16.3 Å². The molecule has 0 aliphatic rings. The quantitative estimate of drug-likeness (QED) is 0.901. The standard InChI is InChI=1S/C10H11BrN4O/c1-15(6-9-12-2-3-13-9)10(16)8-4-7(11)5-14-8/h2-5,14H,6H2,1H3,(H,12,13). The summed E-state index contributed by atoms with van der Waals surface area (Å²) < 4.78 is 0.863. The van der Waals surface area contributed by atoms with Crippen LogP contribution in [0.3, 0.4) is 0 Å². The van der Waals surface area contributed by atoms with Crippen molar-refractivity contribution in [2.45, 2.75) is 6.54 Å². The maximum atomic E-state index is 11.9. The van der Waals surface area contributed by atoms with E-state index in [1.165, 1.54) is 0 Å². The summed E-state index contributed by atoms with van der Waals surface area (Å²) in [6, 6.07) is 1.75. The molecule has 0 fully saturated rings. The highest BCUT2D eigenvalue weighted by atomic mass is 79.9. The zero-order valence-electron chi connectivity index (χ0n) is 8.70. The number of imidazole rings is 1. The van der Waals surface area contributed by atoms with Crippen molar-refractivity contribution in [3.8, 4) is 0 Å². The predicted octanol–water partition coefficient (Wildman–Crippen LogP) is 1.77. The molecule has 0 spiro atoms. The molecule has 5 nitrogen and oxygen atoms in total. The van der Waals surface area contributed by atoms with Crippen molar-refractivity contribution < 1.29 is 4.79 Å². The minimum Gasteiger partial charge on any atom is -0.356 e. The molecule has 0 saturated heterocycles. The second-order valence-electron chi connectivity index (χ2n) is 3.43. The predicted molar refractivity (Wildman–Crippen MR) is 62.9 cm³/mol. The molecule has 0 radical (unpaired) electrons. The van der Waals surface area contributed by atoms with Gasteiger partial charge in [-0.1, -0.05) is 0 Å². The fourth-order valence-corrected chi connectivity index (χ4v) is 1.72. The molecule has 2 heterocycles. The van der Waals surface area contributed by atoms with E-state index in [-0.39, 0.29) is 5.91 Å². The molecule has 0 saturated carbocycles. The summed E-state index contributed by atoms with van der Waals surface area (Å²) in [5, 5.41) is 0. The first-order chi connectivity index (χ1) is 7.66. The number of carbonyl (C=O) groups is 1. The van der Waals surface area contributed by atoms with Gasteiger partial charge in [-0.2, -0.15) is 0 Å². The first-order valence-electron chi connectivity index (χ1n) is 4.74. The summed E-state index contributed by atoms with van der Waals surface area (Å²) in [4.78, 5) is 23.4. The Morgan fingerprint density at radius 1 is 1.56 bits per heavy atom. The maximum absolute atomic E-state index is 11.9. The average Bonchev–Trinajstić information content (AvgIpc) is 2.88. The number of carbonyl (C=O) groups excluding carboxylic acids is 1. The zero-order chi connectivity index (χ0) is 11.5. The normalized spacial score (nSPS) is 10.4. The van der Waals surface area contributed by atoms with Crippen LogP contribution >= 0.6 is 15.9 Å². The summed E-state index contributed by atoms with van der Waals surface area (Å²) in [5.74, 6) is 0.698. The third-order valence-corrected chi connectivity index (χ3v) is 2.62. The molecule has 2 aromatic heterocycles. The van der Waals surface area contributed by atoms with Crippen LogP contribution in [-0.4, -0.2) is 32.8 Å². The average molecular weight is 283 g/mol. The van der Waals surface area contributed by atoms with Gasteiger partial charge < -0.3 is 14.9 Å². The highest BCUT2D eigenvalue weighted by Gasteiger charge is 2.14. The van der Waals surface area contributed by atoms with Gasteiger partial charge in [-0.15, -0.1) is 0 Å². The Morgan fingerprint density at radius 3 is 2.94 bits per heavy atom. The number of nitrogens with one attached hydrogen (secondary N) is 2. The van der Waals surface area contributed by atoms with E-state index in [4.69, 9.17) is 0 Å². The first-order valence-corrected chi connectivity index (χ1v) is 5.54. The number of rotatable bonds is 3.